The quantitative estimate of drug-likeness (QED) is 0.376. The summed E-state index contributed by atoms with van der Waals surface area (Å²) >= 11 is 0. The summed E-state index contributed by atoms with van der Waals surface area (Å²) in [5.74, 6) is 0. The first kappa shape index (κ1) is 20.5. The number of aryl methyl sites for hydroxylation is 1. The zero-order valence-electron chi connectivity index (χ0n) is 16.8. The number of rotatable bonds is 10. The maximum Gasteiger partial charge on any atom is 0.0648 e. The van der Waals surface area contributed by atoms with Crippen LogP contribution in [0.4, 0.5) is 0 Å². The van der Waals surface area contributed by atoms with Gasteiger partial charge in [0.25, 0.3) is 0 Å². The Labute approximate surface area is 156 Å². The van der Waals surface area contributed by atoms with Gasteiger partial charge in [0.2, 0.25) is 0 Å². The van der Waals surface area contributed by atoms with Crippen LogP contribution in [0.1, 0.15) is 83.3 Å². The number of unbranched alkanes of at least 4 members (excludes halogenated alkanes) is 3. The average molecular weight is 360 g/mol. The number of benzene rings is 1. The Hall–Kier alpha value is -0.810. The SMILES string of the molecule is CCCCP(CCCC)(CCCC)=NC1=CCCCc2ccccc21. The molecule has 1 aliphatic rings. The monoisotopic (exact) mass is 359 g/mol. The fraction of sp³-hybridized carbons (Fsp3) is 0.652. The molecule has 0 fully saturated rings. The van der Waals surface area contributed by atoms with Crippen LogP contribution in [0.15, 0.2) is 35.1 Å². The zero-order valence-corrected chi connectivity index (χ0v) is 17.7. The standard InChI is InChI=1S/C23H38NP/c1-4-7-18-25(19-8-5-2,20-9-6-3)24-23-17-13-11-15-21-14-10-12-16-22(21)23/h10,12,14,16-17H,4-9,11,13,15,18-20H2,1-3H3. The van der Waals surface area contributed by atoms with Crippen molar-refractivity contribution >= 4 is 12.8 Å². The molecular weight excluding hydrogens is 321 g/mol. The van der Waals surface area contributed by atoms with E-state index in [0.29, 0.717) is 0 Å². The van der Waals surface area contributed by atoms with E-state index in [0.717, 1.165) is 0 Å². The molecular formula is C23H38NP. The molecule has 1 aromatic carbocycles. The van der Waals surface area contributed by atoms with Gasteiger partial charge >= 0.3 is 0 Å². The third-order valence-electron chi connectivity index (χ3n) is 5.38. The van der Waals surface area contributed by atoms with E-state index in [1.807, 2.05) is 0 Å². The minimum absolute atomic E-state index is 1.18. The van der Waals surface area contributed by atoms with Crippen LogP contribution in [-0.2, 0) is 6.42 Å². The van der Waals surface area contributed by atoms with Gasteiger partial charge in [-0.3, -0.25) is 4.74 Å². The highest BCUT2D eigenvalue weighted by atomic mass is 31.2. The van der Waals surface area contributed by atoms with Gasteiger partial charge in [0.1, 0.15) is 0 Å². The third-order valence-corrected chi connectivity index (χ3v) is 9.47. The van der Waals surface area contributed by atoms with Gasteiger partial charge in [0, 0.05) is 5.56 Å². The molecule has 2 rings (SSSR count). The van der Waals surface area contributed by atoms with E-state index in [9.17, 15) is 0 Å². The lowest BCUT2D eigenvalue weighted by Gasteiger charge is -2.26. The van der Waals surface area contributed by atoms with E-state index in [2.05, 4.69) is 51.1 Å². The Morgan fingerprint density at radius 1 is 0.880 bits per heavy atom. The highest BCUT2D eigenvalue weighted by Crippen LogP contribution is 2.54. The van der Waals surface area contributed by atoms with Crippen molar-refractivity contribution < 1.29 is 0 Å². The molecule has 0 amide bonds. The topological polar surface area (TPSA) is 12.4 Å². The van der Waals surface area contributed by atoms with Crippen LogP contribution in [0.2, 0.25) is 0 Å². The lowest BCUT2D eigenvalue weighted by atomic mass is 10.0. The summed E-state index contributed by atoms with van der Waals surface area (Å²) in [6.07, 6.45) is 18.1. The molecule has 0 bridgehead atoms. The number of allylic oxidation sites excluding steroid dienone is 1. The zero-order chi connectivity index (χ0) is 18.0. The molecule has 0 atom stereocenters. The van der Waals surface area contributed by atoms with Crippen molar-refractivity contribution in [2.45, 2.75) is 78.6 Å². The number of hydrogen-bond donors (Lipinski definition) is 0. The molecule has 0 aliphatic heterocycles. The maximum absolute atomic E-state index is 5.65. The molecule has 1 aromatic rings. The first-order valence-corrected chi connectivity index (χ1v) is 12.9. The van der Waals surface area contributed by atoms with Gasteiger partial charge in [-0.1, -0.05) is 70.4 Å². The Morgan fingerprint density at radius 2 is 1.48 bits per heavy atom. The van der Waals surface area contributed by atoms with Crippen LogP contribution >= 0.6 is 7.05 Å². The summed E-state index contributed by atoms with van der Waals surface area (Å²) in [6.45, 7) is 6.98. The van der Waals surface area contributed by atoms with Crippen molar-refractivity contribution in [1.82, 2.24) is 0 Å². The van der Waals surface area contributed by atoms with Crippen molar-refractivity contribution in [2.75, 3.05) is 18.5 Å². The predicted molar refractivity (Wildman–Crippen MR) is 116 cm³/mol. The number of nitrogens with zero attached hydrogens (tertiary/aromatic N) is 1. The smallest absolute Gasteiger partial charge is 0.0648 e. The van der Waals surface area contributed by atoms with Gasteiger partial charge in [-0.05, 0) is 69.6 Å². The molecule has 0 heterocycles. The largest absolute Gasteiger partial charge is 0.267 e. The van der Waals surface area contributed by atoms with Gasteiger partial charge in [0.05, 0.1) is 5.70 Å². The summed E-state index contributed by atoms with van der Waals surface area (Å²) in [4.78, 5) is 0. The molecule has 0 spiro atoms. The second-order valence-corrected chi connectivity index (χ2v) is 11.3. The highest BCUT2D eigenvalue weighted by Gasteiger charge is 2.20. The highest BCUT2D eigenvalue weighted by molar-refractivity contribution is 7.66. The molecule has 0 saturated carbocycles. The maximum atomic E-state index is 5.65. The lowest BCUT2D eigenvalue weighted by molar-refractivity contribution is 0.840. The van der Waals surface area contributed by atoms with Crippen LogP contribution in [0.25, 0.3) is 5.70 Å². The molecule has 2 heteroatoms. The van der Waals surface area contributed by atoms with Crippen molar-refractivity contribution in [1.29, 1.82) is 0 Å². The molecule has 140 valence electrons. The summed E-state index contributed by atoms with van der Waals surface area (Å²) in [6, 6.07) is 9.01. The van der Waals surface area contributed by atoms with E-state index < -0.39 is 7.05 Å². The minimum atomic E-state index is -1.23. The minimum Gasteiger partial charge on any atom is -0.267 e. The van der Waals surface area contributed by atoms with E-state index >= 15 is 0 Å². The molecule has 0 aromatic heterocycles. The van der Waals surface area contributed by atoms with E-state index in [-0.39, 0.29) is 0 Å². The molecule has 25 heavy (non-hydrogen) atoms. The van der Waals surface area contributed by atoms with Gasteiger partial charge in [-0.15, -0.1) is 0 Å². The van der Waals surface area contributed by atoms with Crippen LogP contribution in [-0.4, -0.2) is 18.5 Å². The third kappa shape index (κ3) is 6.14. The van der Waals surface area contributed by atoms with Gasteiger partial charge in [-0.25, -0.2) is 0 Å². The van der Waals surface area contributed by atoms with E-state index in [1.165, 1.54) is 93.1 Å². The van der Waals surface area contributed by atoms with Crippen molar-refractivity contribution in [2.24, 2.45) is 4.74 Å². The lowest BCUT2D eigenvalue weighted by Crippen LogP contribution is -2.02. The Balaban J connectivity index is 2.44. The second kappa shape index (κ2) is 11.0. The fourth-order valence-corrected chi connectivity index (χ4v) is 8.13. The van der Waals surface area contributed by atoms with E-state index in [4.69, 9.17) is 4.74 Å². The van der Waals surface area contributed by atoms with Crippen LogP contribution in [0, 0.1) is 0 Å². The molecule has 0 unspecified atom stereocenters. The van der Waals surface area contributed by atoms with Crippen LogP contribution in [0.5, 0.6) is 0 Å². The van der Waals surface area contributed by atoms with Crippen molar-refractivity contribution in [3.63, 3.8) is 0 Å². The molecule has 1 nitrogen and oxygen atoms in total. The van der Waals surface area contributed by atoms with Gasteiger partial charge in [0.15, 0.2) is 0 Å². The number of hydrogen-bond acceptors (Lipinski definition) is 1. The first-order valence-electron chi connectivity index (χ1n) is 10.6. The Kier molecular flexibility index (Phi) is 9.04. The van der Waals surface area contributed by atoms with E-state index in [1.54, 1.807) is 0 Å². The van der Waals surface area contributed by atoms with Crippen LogP contribution < -0.4 is 0 Å². The summed E-state index contributed by atoms with van der Waals surface area (Å²) < 4.78 is 5.65. The van der Waals surface area contributed by atoms with Gasteiger partial charge in [-0.2, -0.15) is 0 Å². The van der Waals surface area contributed by atoms with Gasteiger partial charge < -0.3 is 0 Å². The summed E-state index contributed by atoms with van der Waals surface area (Å²) in [5.41, 5.74) is 4.27. The fourth-order valence-electron chi connectivity index (χ4n) is 3.80. The molecule has 0 radical (unpaired) electrons. The van der Waals surface area contributed by atoms with Crippen LogP contribution in [0.3, 0.4) is 0 Å². The first-order chi connectivity index (χ1) is 12.2. The van der Waals surface area contributed by atoms with Crippen molar-refractivity contribution in [3.05, 3.63) is 41.5 Å². The summed E-state index contributed by atoms with van der Waals surface area (Å²) in [7, 11) is -1.23. The Bertz CT molecular complexity index is 571. The van der Waals surface area contributed by atoms with Crippen molar-refractivity contribution in [3.8, 4) is 0 Å². The molecule has 1 aliphatic carbocycles. The predicted octanol–water partition coefficient (Wildman–Crippen LogP) is 7.97. The molecule has 0 saturated heterocycles. The Morgan fingerprint density at radius 3 is 2.08 bits per heavy atom. The normalized spacial score (nSPS) is 14.6. The molecule has 0 N–H and O–H groups in total. The average Bonchev–Trinajstić information content (AvgIpc) is 2.85. The number of fused-ring (bicyclic) bond motifs is 1. The second-order valence-electron chi connectivity index (χ2n) is 7.57. The summed E-state index contributed by atoms with van der Waals surface area (Å²) in [5, 5.41) is 0.